The van der Waals surface area contributed by atoms with Gasteiger partial charge in [-0.25, -0.2) is 0 Å². The lowest BCUT2D eigenvalue weighted by Crippen LogP contribution is -2.17. The number of benzene rings is 5. The van der Waals surface area contributed by atoms with Crippen LogP contribution in [0.2, 0.25) is 20.1 Å². The van der Waals surface area contributed by atoms with E-state index in [0.717, 1.165) is 45.1 Å². The van der Waals surface area contributed by atoms with Crippen LogP contribution in [0.15, 0.2) is 121 Å². The van der Waals surface area contributed by atoms with E-state index >= 15 is 0 Å². The molecule has 5 aromatic carbocycles. The van der Waals surface area contributed by atoms with Crippen LogP contribution in [0.4, 0.5) is 101 Å². The molecule has 0 atom stereocenters. The van der Waals surface area contributed by atoms with Gasteiger partial charge in [0.2, 0.25) is 89.2 Å². The van der Waals surface area contributed by atoms with Gasteiger partial charge < -0.3 is 81.4 Å². The molecule has 5 heterocycles. The quantitative estimate of drug-likeness (QED) is 0.0411. The Kier molecular flexibility index (Phi) is 25.9. The first-order valence-electron chi connectivity index (χ1n) is 26.8. The SMILES string of the molecule is CN(C)c1nc(N)nc(NCCc2ccccc2Cl)n1.CN(C)c1nc(N)nc(NCc2ccccc2Cl)n1.CN(C)c1nc(N)nc(Nc2ccccc2Cl)n1.Cc1cccc(Nc2nc(N)nc(N)n2)c1.Nc1nc(N)nc(NCc2ccc(Cl)cc2)n1. The van der Waals surface area contributed by atoms with Gasteiger partial charge in [-0.05, 0) is 84.1 Å². The summed E-state index contributed by atoms with van der Waals surface area (Å²) >= 11 is 24.0. The summed E-state index contributed by atoms with van der Waals surface area (Å²) in [6.07, 6.45) is 0.780. The van der Waals surface area contributed by atoms with Crippen LogP contribution in [0.25, 0.3) is 0 Å². The normalized spacial score (nSPS) is 10.2. The van der Waals surface area contributed by atoms with Crippen molar-refractivity contribution in [3.8, 4) is 0 Å². The van der Waals surface area contributed by atoms with Crippen LogP contribution >= 0.6 is 46.4 Å². The molecule has 0 spiro atoms. The molecule has 19 N–H and O–H groups in total. The summed E-state index contributed by atoms with van der Waals surface area (Å²) in [6.45, 7) is 3.75. The molecule has 0 unspecified atom stereocenters. The second kappa shape index (κ2) is 34.0. The number of nitrogens with one attached hydrogen (secondary N) is 5. The van der Waals surface area contributed by atoms with E-state index in [1.54, 1.807) is 20.8 Å². The van der Waals surface area contributed by atoms with Gasteiger partial charge in [0.1, 0.15) is 0 Å². The molecule has 0 bridgehead atoms. The summed E-state index contributed by atoms with van der Waals surface area (Å²) in [5.41, 5.74) is 44.6. The minimum atomic E-state index is 0.0936. The Morgan fingerprint density at radius 1 is 0.367 bits per heavy atom. The fourth-order valence-electron chi connectivity index (χ4n) is 7.05. The van der Waals surface area contributed by atoms with E-state index in [9.17, 15) is 0 Å². The van der Waals surface area contributed by atoms with Gasteiger partial charge in [-0.1, -0.05) is 119 Å². The Bertz CT molecular complexity index is 3860. The molecule has 0 aliphatic rings. The van der Waals surface area contributed by atoms with Gasteiger partial charge in [0, 0.05) is 82.7 Å². The fraction of sp³-hybridized carbons (Fsp3) is 0.196. The molecular formula is C56H68Cl4N30. The number of hydrogen-bond acceptors (Lipinski definition) is 30. The molecule has 0 saturated heterocycles. The van der Waals surface area contributed by atoms with Gasteiger partial charge in [-0.15, -0.1) is 0 Å². The predicted octanol–water partition coefficient (Wildman–Crippen LogP) is 7.92. The first-order valence-corrected chi connectivity index (χ1v) is 28.3. The summed E-state index contributed by atoms with van der Waals surface area (Å²) in [6, 6.07) is 37.9. The van der Waals surface area contributed by atoms with Crippen molar-refractivity contribution in [3.05, 3.63) is 164 Å². The third-order valence-electron chi connectivity index (χ3n) is 11.3. The zero-order chi connectivity index (χ0) is 65.3. The van der Waals surface area contributed by atoms with Crippen LogP contribution in [0.1, 0.15) is 22.3 Å². The lowest BCUT2D eigenvalue weighted by Gasteiger charge is -2.12. The maximum Gasteiger partial charge on any atom is 0.233 e. The minimum Gasteiger partial charge on any atom is -0.368 e. The van der Waals surface area contributed by atoms with Crippen molar-refractivity contribution in [2.75, 3.05) is 130 Å². The topological polar surface area (TPSA) is 445 Å². The average molecular weight is 1300 g/mol. The van der Waals surface area contributed by atoms with E-state index in [1.165, 1.54) is 0 Å². The Balaban J connectivity index is 0.000000179. The molecular weight excluding hydrogens is 1230 g/mol. The van der Waals surface area contributed by atoms with Gasteiger partial charge in [0.15, 0.2) is 0 Å². The molecule has 0 amide bonds. The molecule has 470 valence electrons. The highest BCUT2D eigenvalue weighted by Crippen LogP contribution is 2.25. The third-order valence-corrected chi connectivity index (χ3v) is 12.6. The minimum absolute atomic E-state index is 0.0936. The van der Waals surface area contributed by atoms with Crippen molar-refractivity contribution < 1.29 is 0 Å². The monoisotopic (exact) mass is 1300 g/mol. The smallest absolute Gasteiger partial charge is 0.233 e. The summed E-state index contributed by atoms with van der Waals surface area (Å²) in [5.74, 6) is 4.39. The van der Waals surface area contributed by atoms with Crippen LogP contribution in [0.3, 0.4) is 0 Å². The highest BCUT2D eigenvalue weighted by molar-refractivity contribution is 6.33. The Morgan fingerprint density at radius 2 is 0.767 bits per heavy atom. The lowest BCUT2D eigenvalue weighted by atomic mass is 10.1. The van der Waals surface area contributed by atoms with E-state index in [4.69, 9.17) is 86.5 Å². The number of nitrogens with zero attached hydrogens (tertiary/aromatic N) is 18. The largest absolute Gasteiger partial charge is 0.368 e. The number of anilines is 17. The van der Waals surface area contributed by atoms with Crippen molar-refractivity contribution >= 4 is 147 Å². The Hall–Kier alpha value is -10.7. The number of rotatable bonds is 17. The maximum absolute atomic E-state index is 6.10. The van der Waals surface area contributed by atoms with Crippen LogP contribution < -0.4 is 81.4 Å². The fourth-order valence-corrected chi connectivity index (χ4v) is 7.80. The summed E-state index contributed by atoms with van der Waals surface area (Å²) in [7, 11) is 11.0. The van der Waals surface area contributed by atoms with E-state index < -0.39 is 0 Å². The molecule has 5 aromatic heterocycles. The third kappa shape index (κ3) is 23.5. The summed E-state index contributed by atoms with van der Waals surface area (Å²) in [4.78, 5) is 65.2. The van der Waals surface area contributed by atoms with Crippen molar-refractivity contribution in [3.63, 3.8) is 0 Å². The standard InChI is InChI=1S/C13H17ClN6.C12H15ClN6.C11H13ClN6.C10H11ClN6.C10H12N6/c1-20(2)13-18-11(15)17-12(19-13)16-8-7-9-5-3-4-6-10(9)14;1-19(2)12-17-10(14)16-11(18-12)15-7-8-5-3-4-6-9(8)13;1-18(2)11-16-9(13)15-10(17-11)14-8-6-4-3-5-7(8)12;11-7-3-1-6(2-4-7)5-14-10-16-8(12)15-9(13)17-10;1-6-3-2-4-7(5-6)13-10-15-8(11)14-9(12)16-10/h3-6H,7-8H2,1-2H3,(H3,15,16,17,18,19);3-6H,7H2,1-2H3,(H3,14,15,16,17,18);3-6H,1-2H3,(H3,13,14,15,16,17);1-4H,5H2,(H5,12,13,14,15,16,17);2-5H,1H3,(H5,11,12,13,14,15,16). The number of aromatic nitrogens is 15. The maximum atomic E-state index is 6.10. The van der Waals surface area contributed by atoms with E-state index in [2.05, 4.69) is 101 Å². The molecule has 34 heteroatoms. The molecule has 90 heavy (non-hydrogen) atoms. The van der Waals surface area contributed by atoms with Gasteiger partial charge in [0.05, 0.1) is 10.7 Å². The Morgan fingerprint density at radius 3 is 1.24 bits per heavy atom. The van der Waals surface area contributed by atoms with Gasteiger partial charge in [0.25, 0.3) is 0 Å². The van der Waals surface area contributed by atoms with Crippen molar-refractivity contribution in [2.24, 2.45) is 0 Å². The molecule has 10 aromatic rings. The molecule has 0 aliphatic heterocycles. The molecule has 0 saturated carbocycles. The van der Waals surface area contributed by atoms with E-state index in [-0.39, 0.29) is 41.6 Å². The summed E-state index contributed by atoms with van der Waals surface area (Å²) in [5, 5.41) is 18.0. The predicted molar refractivity (Wildman–Crippen MR) is 363 cm³/mol. The van der Waals surface area contributed by atoms with E-state index in [0.29, 0.717) is 82.3 Å². The summed E-state index contributed by atoms with van der Waals surface area (Å²) < 4.78 is 0. The number of nitrogen functional groups attached to an aromatic ring is 7. The number of hydrogen-bond donors (Lipinski definition) is 12. The number of nitrogens with two attached hydrogens (primary N) is 7. The molecule has 0 fully saturated rings. The second-order valence-electron chi connectivity index (χ2n) is 19.2. The zero-order valence-electron chi connectivity index (χ0n) is 50.0. The highest BCUT2D eigenvalue weighted by Gasteiger charge is 2.11. The van der Waals surface area contributed by atoms with Gasteiger partial charge in [-0.2, -0.15) is 74.8 Å². The second-order valence-corrected chi connectivity index (χ2v) is 20.8. The lowest BCUT2D eigenvalue weighted by molar-refractivity contribution is 0.935. The molecule has 10 rings (SSSR count). The highest BCUT2D eigenvalue weighted by atomic mass is 35.5. The number of para-hydroxylation sites is 1. The van der Waals surface area contributed by atoms with Crippen molar-refractivity contribution in [1.82, 2.24) is 74.8 Å². The zero-order valence-corrected chi connectivity index (χ0v) is 53.0. The first-order chi connectivity index (χ1) is 42.9. The van der Waals surface area contributed by atoms with Gasteiger partial charge in [-0.3, -0.25) is 0 Å². The van der Waals surface area contributed by atoms with Crippen molar-refractivity contribution in [1.29, 1.82) is 0 Å². The molecule has 30 nitrogen and oxygen atoms in total. The van der Waals surface area contributed by atoms with Crippen molar-refractivity contribution in [2.45, 2.75) is 26.4 Å². The first kappa shape index (κ1) is 68.4. The van der Waals surface area contributed by atoms with Crippen LogP contribution in [-0.2, 0) is 19.5 Å². The van der Waals surface area contributed by atoms with Crippen LogP contribution in [-0.4, -0.2) is 124 Å². The number of halogens is 4. The van der Waals surface area contributed by atoms with Crippen LogP contribution in [0.5, 0.6) is 0 Å². The molecule has 0 radical (unpaired) electrons. The molecule has 0 aliphatic carbocycles. The van der Waals surface area contributed by atoms with Gasteiger partial charge >= 0.3 is 0 Å². The van der Waals surface area contributed by atoms with Crippen LogP contribution in [0, 0.1) is 6.92 Å². The number of aryl methyl sites for hydroxylation is 1. The Labute approximate surface area is 539 Å². The van der Waals surface area contributed by atoms with E-state index in [1.807, 2.05) is 164 Å². The average Bonchev–Trinajstić information content (AvgIpc) is 3.04.